The van der Waals surface area contributed by atoms with Crippen molar-refractivity contribution in [1.82, 2.24) is 24.8 Å². The molecule has 2 aromatic heterocycles. The van der Waals surface area contributed by atoms with Crippen molar-refractivity contribution in [2.45, 2.75) is 57.7 Å². The Morgan fingerprint density at radius 1 is 1.11 bits per heavy atom. The van der Waals surface area contributed by atoms with E-state index in [1.54, 1.807) is 18.2 Å². The minimum atomic E-state index is -0.952. The van der Waals surface area contributed by atoms with Gasteiger partial charge in [0.05, 0.1) is 10.9 Å². The van der Waals surface area contributed by atoms with Gasteiger partial charge in [-0.05, 0) is 78.6 Å². The van der Waals surface area contributed by atoms with Gasteiger partial charge in [-0.1, -0.05) is 13.0 Å². The van der Waals surface area contributed by atoms with E-state index in [1.807, 2.05) is 11.8 Å². The Balaban J connectivity index is 1.23. The quantitative estimate of drug-likeness (QED) is 0.189. The van der Waals surface area contributed by atoms with Crippen LogP contribution in [0.2, 0.25) is 0 Å². The van der Waals surface area contributed by atoms with Gasteiger partial charge in [0.25, 0.3) is 0 Å². The number of pyridine rings is 1. The maximum Gasteiger partial charge on any atom is 0.319 e. The van der Waals surface area contributed by atoms with E-state index in [2.05, 4.69) is 14.9 Å². The summed E-state index contributed by atoms with van der Waals surface area (Å²) in [6.07, 6.45) is 3.62. The highest BCUT2D eigenvalue weighted by molar-refractivity contribution is 6.02. The van der Waals surface area contributed by atoms with E-state index in [0.717, 1.165) is 19.4 Å². The van der Waals surface area contributed by atoms with Crippen LogP contribution in [0.4, 0.5) is 19.0 Å². The predicted molar refractivity (Wildman–Crippen MR) is 191 cm³/mol. The molecule has 4 aromatic rings. The van der Waals surface area contributed by atoms with Crippen LogP contribution in [0.25, 0.3) is 32.9 Å². The summed E-state index contributed by atoms with van der Waals surface area (Å²) >= 11 is 0. The first kappa shape index (κ1) is 35.5. The molecule has 8 rings (SSSR count). The van der Waals surface area contributed by atoms with Gasteiger partial charge < -0.3 is 19.1 Å². The molecule has 14 heteroatoms. The van der Waals surface area contributed by atoms with Crippen LogP contribution in [0.1, 0.15) is 45.1 Å². The molecule has 3 saturated heterocycles. The van der Waals surface area contributed by atoms with Gasteiger partial charge in [0.1, 0.15) is 41.4 Å². The lowest BCUT2D eigenvalue weighted by atomic mass is 9.66. The highest BCUT2D eigenvalue weighted by Crippen LogP contribution is 2.49. The molecule has 3 unspecified atom stereocenters. The van der Waals surface area contributed by atoms with Crippen LogP contribution in [0.15, 0.2) is 30.5 Å². The number of carbonyl (C=O) groups is 2. The van der Waals surface area contributed by atoms with Crippen LogP contribution in [-0.4, -0.2) is 102 Å². The molecular weight excluding hydrogens is 689 g/mol. The topological polar surface area (TPSA) is 110 Å². The molecule has 1 saturated carbocycles. The number of hydrogen-bond acceptors (Lipinski definition) is 10. The summed E-state index contributed by atoms with van der Waals surface area (Å²) in [7, 11) is 2.99. The van der Waals surface area contributed by atoms with Crippen molar-refractivity contribution in [2.75, 3.05) is 58.6 Å². The van der Waals surface area contributed by atoms with Crippen molar-refractivity contribution in [3.05, 3.63) is 47.7 Å². The van der Waals surface area contributed by atoms with Gasteiger partial charge in [0.15, 0.2) is 12.6 Å². The van der Waals surface area contributed by atoms with Crippen LogP contribution >= 0.6 is 0 Å². The van der Waals surface area contributed by atoms with Crippen LogP contribution in [-0.2, 0) is 20.7 Å². The van der Waals surface area contributed by atoms with Gasteiger partial charge in [-0.3, -0.25) is 24.4 Å². The first-order valence-electron chi connectivity index (χ1n) is 18.3. The molecule has 0 radical (unpaired) electrons. The molecule has 4 fully saturated rings. The van der Waals surface area contributed by atoms with Gasteiger partial charge in [0.2, 0.25) is 11.8 Å². The summed E-state index contributed by atoms with van der Waals surface area (Å²) in [5.74, 6) is -0.981. The molecule has 0 bridgehead atoms. The summed E-state index contributed by atoms with van der Waals surface area (Å²) in [5.41, 5.74) is 0.199. The SMILES string of the molecule is CCc1c(F)ccc2cc(OCOC)cc(-c3ncc4c(N5CC6CC(C(=O)N(C)C(C)=O)C6C5)nc(OC[C@@]56CCCN5C[C@H](F)C6)nc4c3F)c12. The van der Waals surface area contributed by atoms with Gasteiger partial charge in [-0.25, -0.2) is 13.2 Å². The Hall–Kier alpha value is -4.56. The summed E-state index contributed by atoms with van der Waals surface area (Å²) in [5, 5.41) is 1.52. The van der Waals surface area contributed by atoms with E-state index in [0.29, 0.717) is 77.7 Å². The third-order valence-corrected chi connectivity index (χ3v) is 12.0. The number of aromatic nitrogens is 3. The smallest absolute Gasteiger partial charge is 0.319 e. The first-order chi connectivity index (χ1) is 25.5. The summed E-state index contributed by atoms with van der Waals surface area (Å²) in [6, 6.07) is 6.36. The molecule has 4 aliphatic rings. The van der Waals surface area contributed by atoms with E-state index in [4.69, 9.17) is 19.2 Å². The fourth-order valence-corrected chi connectivity index (χ4v) is 9.16. The number of aryl methyl sites for hydroxylation is 1. The number of hydrogen-bond donors (Lipinski definition) is 0. The van der Waals surface area contributed by atoms with Gasteiger partial charge in [-0.2, -0.15) is 9.97 Å². The second kappa shape index (κ2) is 13.7. The molecule has 5 atom stereocenters. The lowest BCUT2D eigenvalue weighted by Gasteiger charge is -2.39. The number of halogens is 3. The molecule has 2 aromatic carbocycles. The lowest BCUT2D eigenvalue weighted by Crippen LogP contribution is -2.47. The van der Waals surface area contributed by atoms with E-state index in [9.17, 15) is 14.0 Å². The van der Waals surface area contributed by atoms with Crippen LogP contribution in [0, 0.1) is 29.4 Å². The molecule has 0 spiro atoms. The number of amides is 2. The van der Waals surface area contributed by atoms with E-state index < -0.39 is 23.3 Å². The van der Waals surface area contributed by atoms with Crippen molar-refractivity contribution in [1.29, 1.82) is 0 Å². The Morgan fingerprint density at radius 3 is 2.72 bits per heavy atom. The number of carbonyl (C=O) groups excluding carboxylic acids is 2. The normalized spacial score (nSPS) is 25.1. The average Bonchev–Trinajstić information content (AvgIpc) is 3.78. The zero-order chi connectivity index (χ0) is 37.2. The third kappa shape index (κ3) is 6.03. The average molecular weight is 733 g/mol. The third-order valence-electron chi connectivity index (χ3n) is 12.0. The highest BCUT2D eigenvalue weighted by Gasteiger charge is 2.52. The van der Waals surface area contributed by atoms with Crippen LogP contribution < -0.4 is 14.4 Å². The Kier molecular flexibility index (Phi) is 9.16. The predicted octanol–water partition coefficient (Wildman–Crippen LogP) is 5.70. The van der Waals surface area contributed by atoms with Crippen LogP contribution in [0.5, 0.6) is 11.8 Å². The molecule has 11 nitrogen and oxygen atoms in total. The van der Waals surface area contributed by atoms with Gasteiger partial charge in [0, 0.05) is 64.8 Å². The van der Waals surface area contributed by atoms with Crippen molar-refractivity contribution < 1.29 is 37.0 Å². The lowest BCUT2D eigenvalue weighted by molar-refractivity contribution is -0.149. The Labute approximate surface area is 305 Å². The first-order valence-corrected chi connectivity index (χ1v) is 18.3. The maximum absolute atomic E-state index is 17.2. The number of alkyl halides is 1. The largest absolute Gasteiger partial charge is 0.468 e. The second-order valence-electron chi connectivity index (χ2n) is 15.0. The minimum absolute atomic E-state index is 0.00904. The summed E-state index contributed by atoms with van der Waals surface area (Å²) in [6.45, 7) is 5.48. The Morgan fingerprint density at radius 2 is 1.94 bits per heavy atom. The van der Waals surface area contributed by atoms with E-state index in [-0.39, 0.29) is 60.2 Å². The fraction of sp³-hybridized carbons (Fsp3) is 0.513. The zero-order valence-corrected chi connectivity index (χ0v) is 30.3. The number of anilines is 1. The molecule has 3 aliphatic heterocycles. The monoisotopic (exact) mass is 732 g/mol. The van der Waals surface area contributed by atoms with Gasteiger partial charge >= 0.3 is 6.01 Å². The zero-order valence-electron chi connectivity index (χ0n) is 30.3. The molecular formula is C39H43F3N6O5. The fourth-order valence-electron chi connectivity index (χ4n) is 9.16. The highest BCUT2D eigenvalue weighted by atomic mass is 19.1. The number of nitrogens with zero attached hydrogens (tertiary/aromatic N) is 6. The van der Waals surface area contributed by atoms with Crippen molar-refractivity contribution >= 4 is 39.3 Å². The van der Waals surface area contributed by atoms with Crippen LogP contribution in [0.3, 0.4) is 0 Å². The summed E-state index contributed by atoms with van der Waals surface area (Å²) < 4.78 is 64.3. The Bertz CT molecular complexity index is 2120. The molecule has 2 amide bonds. The maximum atomic E-state index is 17.2. The van der Waals surface area contributed by atoms with Crippen molar-refractivity contribution in [3.8, 4) is 23.0 Å². The standard InChI is InChI=1S/C39H43F3N6O5/c1-5-26-31(41)8-7-22-11-25(53-20-51-4)13-28(32(22)26)34-33(42)35-29(15-43-34)36(47-16-23-12-27(30(23)18-47)37(50)46(3)21(2)49)45-38(44-35)52-19-39-9-6-10-48(39)17-24(40)14-39/h7-8,11,13,15,23-24,27,30H,5-6,9-10,12,14,16-20H2,1-4H3/t23?,24-,27?,30?,39+/m1/s1. The number of methoxy groups -OCH3 is 1. The number of imide groups is 1. The number of benzene rings is 2. The molecule has 5 heterocycles. The van der Waals surface area contributed by atoms with E-state index in [1.165, 1.54) is 38.2 Å². The number of rotatable bonds is 10. The second-order valence-corrected chi connectivity index (χ2v) is 15.0. The van der Waals surface area contributed by atoms with Gasteiger partial charge in [-0.15, -0.1) is 0 Å². The number of fused-ring (bicyclic) bond motifs is 4. The number of ether oxygens (including phenoxy) is 3. The van der Waals surface area contributed by atoms with E-state index >= 15 is 8.78 Å². The van der Waals surface area contributed by atoms with Crippen molar-refractivity contribution in [2.24, 2.45) is 17.8 Å². The summed E-state index contributed by atoms with van der Waals surface area (Å²) in [4.78, 5) is 44.5. The molecule has 280 valence electrons. The van der Waals surface area contributed by atoms with Crippen molar-refractivity contribution in [3.63, 3.8) is 0 Å². The molecule has 1 aliphatic carbocycles. The molecule has 53 heavy (non-hydrogen) atoms. The minimum Gasteiger partial charge on any atom is -0.468 e. The molecule has 0 N–H and O–H groups in total.